The number of amides is 1. The molecule has 4 nitrogen and oxygen atoms in total. The molecule has 0 bridgehead atoms. The fourth-order valence-electron chi connectivity index (χ4n) is 5.13. The van der Waals surface area contributed by atoms with Crippen molar-refractivity contribution in [2.24, 2.45) is 0 Å². The predicted molar refractivity (Wildman–Crippen MR) is 148 cm³/mol. The highest BCUT2D eigenvalue weighted by atomic mass is 32.2. The van der Waals surface area contributed by atoms with E-state index in [1.165, 1.54) is 64.2 Å². The predicted octanol–water partition coefficient (Wildman–Crippen LogP) is 7.46. The number of nitrogens with zero attached hydrogens (tertiary/aromatic N) is 2. The van der Waals surface area contributed by atoms with Crippen LogP contribution in [0.4, 0.5) is 0 Å². The lowest BCUT2D eigenvalue weighted by Gasteiger charge is -2.44. The first kappa shape index (κ1) is 28.2. The standard InChI is InChI=1S/C27H47N3OS2/c1-6-19-29(20-7-2)26(31)21-32-27(8-3)33-23(5)28-22(4)30(24-15-11-9-12-16-24)25-17-13-10-14-18-25/h8,24-25,28H,4-7,9-21H2,1-3H3/b27-8-. The van der Waals surface area contributed by atoms with Gasteiger partial charge < -0.3 is 15.1 Å². The molecule has 0 aliphatic heterocycles. The highest BCUT2D eigenvalue weighted by Crippen LogP contribution is 2.35. The molecule has 0 spiro atoms. The quantitative estimate of drug-likeness (QED) is 0.272. The van der Waals surface area contributed by atoms with Crippen LogP contribution in [0.3, 0.4) is 0 Å². The smallest absolute Gasteiger partial charge is 0.232 e. The van der Waals surface area contributed by atoms with Crippen molar-refractivity contribution in [3.63, 3.8) is 0 Å². The summed E-state index contributed by atoms with van der Waals surface area (Å²) < 4.78 is 1.11. The third-order valence-electron chi connectivity index (χ3n) is 6.67. The first-order valence-electron chi connectivity index (χ1n) is 13.2. The molecule has 2 aliphatic rings. The molecule has 0 aromatic carbocycles. The SMILES string of the molecule is C=C(NC(=C)N(C1CCCCC1)C1CCCCC1)S/C(=C\C)SCC(=O)N(CCC)CCC. The molecule has 1 N–H and O–H groups in total. The zero-order valence-corrected chi connectivity index (χ0v) is 23.0. The summed E-state index contributed by atoms with van der Waals surface area (Å²) in [4.78, 5) is 17.3. The number of hydrogen-bond donors (Lipinski definition) is 1. The van der Waals surface area contributed by atoms with Gasteiger partial charge in [0.15, 0.2) is 0 Å². The molecule has 2 rings (SSSR count). The van der Waals surface area contributed by atoms with E-state index in [1.54, 1.807) is 23.5 Å². The maximum atomic E-state index is 12.7. The van der Waals surface area contributed by atoms with E-state index in [1.807, 2.05) is 11.8 Å². The van der Waals surface area contributed by atoms with Gasteiger partial charge >= 0.3 is 0 Å². The second kappa shape index (κ2) is 15.8. The van der Waals surface area contributed by atoms with Gasteiger partial charge in [-0.05, 0) is 45.4 Å². The topological polar surface area (TPSA) is 35.6 Å². The minimum Gasteiger partial charge on any atom is -0.353 e. The third kappa shape index (κ3) is 9.64. The highest BCUT2D eigenvalue weighted by molar-refractivity contribution is 8.24. The summed E-state index contributed by atoms with van der Waals surface area (Å²) >= 11 is 3.24. The summed E-state index contributed by atoms with van der Waals surface area (Å²) in [7, 11) is 0. The third-order valence-corrected chi connectivity index (χ3v) is 8.97. The van der Waals surface area contributed by atoms with Crippen LogP contribution in [0.2, 0.25) is 0 Å². The fourth-order valence-corrected chi connectivity index (χ4v) is 6.99. The van der Waals surface area contributed by atoms with Crippen LogP contribution in [0.5, 0.6) is 0 Å². The van der Waals surface area contributed by atoms with Crippen molar-refractivity contribution >= 4 is 29.4 Å². The van der Waals surface area contributed by atoms with E-state index in [0.717, 1.165) is 41.0 Å². The van der Waals surface area contributed by atoms with E-state index in [0.29, 0.717) is 17.8 Å². The molecular weight excluding hydrogens is 446 g/mol. The number of allylic oxidation sites excluding steroid dienone is 1. The minimum atomic E-state index is 0.229. The van der Waals surface area contributed by atoms with Crippen LogP contribution in [0, 0.1) is 0 Å². The molecule has 0 saturated heterocycles. The number of carbonyl (C=O) groups excluding carboxylic acids is 1. The Bertz CT molecular complexity index is 628. The van der Waals surface area contributed by atoms with Gasteiger partial charge in [0.2, 0.25) is 5.91 Å². The van der Waals surface area contributed by atoms with Gasteiger partial charge in [-0.15, -0.1) is 11.8 Å². The van der Waals surface area contributed by atoms with Gasteiger partial charge in [0, 0.05) is 29.4 Å². The molecular formula is C27H47N3OS2. The van der Waals surface area contributed by atoms with E-state index in [-0.39, 0.29) is 5.91 Å². The number of rotatable bonds is 14. The summed E-state index contributed by atoms with van der Waals surface area (Å²) in [5.41, 5.74) is 0. The van der Waals surface area contributed by atoms with E-state index in [2.05, 4.69) is 43.3 Å². The van der Waals surface area contributed by atoms with Gasteiger partial charge in [-0.1, -0.05) is 83.4 Å². The Balaban J connectivity index is 1.91. The van der Waals surface area contributed by atoms with Gasteiger partial charge in [-0.25, -0.2) is 0 Å². The molecule has 1 amide bonds. The largest absolute Gasteiger partial charge is 0.353 e. The maximum absolute atomic E-state index is 12.7. The van der Waals surface area contributed by atoms with Gasteiger partial charge in [-0.3, -0.25) is 4.79 Å². The van der Waals surface area contributed by atoms with Crippen LogP contribution >= 0.6 is 23.5 Å². The van der Waals surface area contributed by atoms with E-state index in [4.69, 9.17) is 0 Å². The van der Waals surface area contributed by atoms with Gasteiger partial charge in [0.1, 0.15) is 0 Å². The van der Waals surface area contributed by atoms with Crippen molar-refractivity contribution in [1.29, 1.82) is 0 Å². The first-order valence-corrected chi connectivity index (χ1v) is 15.0. The zero-order chi connectivity index (χ0) is 24.1. The number of hydrogen-bond acceptors (Lipinski definition) is 5. The van der Waals surface area contributed by atoms with Crippen LogP contribution in [-0.4, -0.2) is 46.6 Å². The molecule has 188 valence electrons. The Kier molecular flexibility index (Phi) is 13.5. The molecule has 2 saturated carbocycles. The van der Waals surface area contributed by atoms with E-state index in [9.17, 15) is 4.79 Å². The van der Waals surface area contributed by atoms with Crippen LogP contribution < -0.4 is 5.32 Å². The first-order chi connectivity index (χ1) is 16.0. The van der Waals surface area contributed by atoms with Crippen LogP contribution in [-0.2, 0) is 4.79 Å². The fraction of sp³-hybridized carbons (Fsp3) is 0.741. The molecule has 0 atom stereocenters. The number of nitrogens with one attached hydrogen (secondary N) is 1. The number of carbonyl (C=O) groups is 1. The molecule has 0 radical (unpaired) electrons. The molecule has 33 heavy (non-hydrogen) atoms. The maximum Gasteiger partial charge on any atom is 0.232 e. The highest BCUT2D eigenvalue weighted by Gasteiger charge is 2.30. The summed E-state index contributed by atoms with van der Waals surface area (Å²) in [6.45, 7) is 16.7. The minimum absolute atomic E-state index is 0.229. The Morgan fingerprint density at radius 3 is 1.91 bits per heavy atom. The lowest BCUT2D eigenvalue weighted by molar-refractivity contribution is -0.128. The second-order valence-corrected chi connectivity index (χ2v) is 11.8. The van der Waals surface area contributed by atoms with Crippen molar-refractivity contribution in [2.75, 3.05) is 18.8 Å². The Hall–Kier alpha value is -1.01. The molecule has 0 heterocycles. The van der Waals surface area contributed by atoms with Crippen molar-refractivity contribution in [3.05, 3.63) is 34.3 Å². The summed E-state index contributed by atoms with van der Waals surface area (Å²) in [6.07, 6.45) is 17.3. The van der Waals surface area contributed by atoms with Gasteiger partial charge in [0.25, 0.3) is 0 Å². The lowest BCUT2D eigenvalue weighted by atomic mass is 9.88. The average Bonchev–Trinajstić information content (AvgIpc) is 2.83. The summed E-state index contributed by atoms with van der Waals surface area (Å²) in [5, 5.41) is 4.43. The normalized spacial score (nSPS) is 18.1. The van der Waals surface area contributed by atoms with E-state index >= 15 is 0 Å². The van der Waals surface area contributed by atoms with Crippen LogP contribution in [0.25, 0.3) is 0 Å². The lowest BCUT2D eigenvalue weighted by Crippen LogP contribution is -2.47. The molecule has 0 unspecified atom stereocenters. The van der Waals surface area contributed by atoms with Crippen molar-refractivity contribution < 1.29 is 4.79 Å². The monoisotopic (exact) mass is 493 g/mol. The van der Waals surface area contributed by atoms with Crippen molar-refractivity contribution in [3.8, 4) is 0 Å². The Morgan fingerprint density at radius 1 is 0.939 bits per heavy atom. The van der Waals surface area contributed by atoms with E-state index < -0.39 is 0 Å². The summed E-state index contributed by atoms with van der Waals surface area (Å²) in [6, 6.07) is 1.21. The van der Waals surface area contributed by atoms with Gasteiger partial charge in [-0.2, -0.15) is 0 Å². The van der Waals surface area contributed by atoms with Crippen molar-refractivity contribution in [2.45, 2.75) is 110 Å². The molecule has 6 heteroatoms. The van der Waals surface area contributed by atoms with Crippen LogP contribution in [0.15, 0.2) is 34.3 Å². The molecule has 0 aromatic rings. The average molecular weight is 494 g/mol. The van der Waals surface area contributed by atoms with Crippen molar-refractivity contribution in [1.82, 2.24) is 15.1 Å². The zero-order valence-electron chi connectivity index (χ0n) is 21.4. The molecule has 2 fully saturated rings. The molecule has 0 aromatic heterocycles. The Labute approximate surface area is 212 Å². The number of thioether (sulfide) groups is 2. The Morgan fingerprint density at radius 2 is 1.45 bits per heavy atom. The summed E-state index contributed by atoms with van der Waals surface area (Å²) in [5.74, 6) is 1.73. The van der Waals surface area contributed by atoms with Crippen LogP contribution in [0.1, 0.15) is 97.8 Å². The molecule has 2 aliphatic carbocycles. The van der Waals surface area contributed by atoms with Gasteiger partial charge in [0.05, 0.1) is 16.6 Å². The second-order valence-electron chi connectivity index (χ2n) is 9.37.